The molecule has 1 aromatic rings. The quantitative estimate of drug-likeness (QED) is 0.606. The fraction of sp³-hybridized carbons (Fsp3) is 0.500. The summed E-state index contributed by atoms with van der Waals surface area (Å²) >= 11 is 0. The maximum Gasteiger partial charge on any atom is 0.289 e. The minimum Gasteiger partial charge on any atom is -0.477 e. The van der Waals surface area contributed by atoms with E-state index >= 15 is 0 Å². The van der Waals surface area contributed by atoms with Crippen LogP contribution < -0.4 is 4.74 Å². The zero-order chi connectivity index (χ0) is 14.8. The van der Waals surface area contributed by atoms with E-state index in [1.54, 1.807) is 13.0 Å². The summed E-state index contributed by atoms with van der Waals surface area (Å²) < 4.78 is 14.9. The molecule has 1 saturated heterocycles. The van der Waals surface area contributed by atoms with Crippen molar-refractivity contribution >= 4 is 5.69 Å². The first-order valence-electron chi connectivity index (χ1n) is 6.01. The molecule has 20 heavy (non-hydrogen) atoms. The molecular weight excluding hydrogens is 266 g/mol. The highest BCUT2D eigenvalue weighted by atomic mass is 16.6. The monoisotopic (exact) mass is 281 g/mol. The van der Waals surface area contributed by atoms with Crippen LogP contribution in [-0.2, 0) is 9.47 Å². The van der Waals surface area contributed by atoms with Gasteiger partial charge in [-0.05, 0) is 6.92 Å². The van der Waals surface area contributed by atoms with Crippen LogP contribution in [0.3, 0.4) is 0 Å². The SMILES string of the molecule is C1COCCO1.CCOc1ncc([N+](=O)[O-])cc1C#N. The van der Waals surface area contributed by atoms with Gasteiger partial charge in [-0.15, -0.1) is 0 Å². The average molecular weight is 281 g/mol. The minimum absolute atomic E-state index is 0.0704. The van der Waals surface area contributed by atoms with Gasteiger partial charge in [-0.2, -0.15) is 5.26 Å². The van der Waals surface area contributed by atoms with Crippen molar-refractivity contribution in [2.24, 2.45) is 0 Å². The molecule has 108 valence electrons. The summed E-state index contributed by atoms with van der Waals surface area (Å²) in [7, 11) is 0. The largest absolute Gasteiger partial charge is 0.477 e. The zero-order valence-electron chi connectivity index (χ0n) is 11.1. The highest BCUT2D eigenvalue weighted by Crippen LogP contribution is 2.19. The molecule has 0 amide bonds. The standard InChI is InChI=1S/C8H7N3O3.C4H8O2/c1-2-14-8-6(4-9)3-7(5-10-8)11(12)13;1-2-6-4-3-5-1/h3,5H,2H2,1H3;1-4H2. The second-order valence-electron chi connectivity index (χ2n) is 3.57. The van der Waals surface area contributed by atoms with Crippen molar-refractivity contribution < 1.29 is 19.1 Å². The first-order valence-corrected chi connectivity index (χ1v) is 6.01. The Hall–Kier alpha value is -2.24. The van der Waals surface area contributed by atoms with Gasteiger partial charge in [0.15, 0.2) is 0 Å². The Labute approximate surface area is 116 Å². The van der Waals surface area contributed by atoms with Crippen LogP contribution in [0.5, 0.6) is 5.88 Å². The zero-order valence-corrected chi connectivity index (χ0v) is 11.1. The third-order valence-electron chi connectivity index (χ3n) is 2.19. The topological polar surface area (TPSA) is 108 Å². The summed E-state index contributed by atoms with van der Waals surface area (Å²) in [4.78, 5) is 13.4. The van der Waals surface area contributed by atoms with Crippen LogP contribution in [0.15, 0.2) is 12.3 Å². The molecule has 2 heterocycles. The molecule has 8 heteroatoms. The molecule has 2 rings (SSSR count). The lowest BCUT2D eigenvalue weighted by atomic mass is 10.3. The van der Waals surface area contributed by atoms with Gasteiger partial charge in [0.1, 0.15) is 17.8 Å². The second kappa shape index (κ2) is 8.79. The van der Waals surface area contributed by atoms with E-state index in [1.165, 1.54) is 0 Å². The Balaban J connectivity index is 0.000000276. The smallest absolute Gasteiger partial charge is 0.289 e. The fourth-order valence-corrected chi connectivity index (χ4v) is 1.31. The van der Waals surface area contributed by atoms with Crippen molar-refractivity contribution in [2.75, 3.05) is 33.0 Å². The molecule has 0 saturated carbocycles. The van der Waals surface area contributed by atoms with Crippen molar-refractivity contribution in [3.8, 4) is 11.9 Å². The lowest BCUT2D eigenvalue weighted by Crippen LogP contribution is -2.16. The fourth-order valence-electron chi connectivity index (χ4n) is 1.31. The normalized spacial score (nSPS) is 13.6. The molecular formula is C12H15N3O5. The molecule has 0 unspecified atom stereocenters. The molecule has 0 N–H and O–H groups in total. The summed E-state index contributed by atoms with van der Waals surface area (Å²) in [5.74, 6) is 0.126. The summed E-state index contributed by atoms with van der Waals surface area (Å²) in [6.45, 7) is 5.21. The Kier molecular flexibility index (Phi) is 6.95. The van der Waals surface area contributed by atoms with E-state index in [9.17, 15) is 10.1 Å². The minimum atomic E-state index is -0.608. The Bertz CT molecular complexity index is 471. The summed E-state index contributed by atoms with van der Waals surface area (Å²) in [5.41, 5.74) is -0.147. The van der Waals surface area contributed by atoms with E-state index in [1.807, 2.05) is 0 Å². The number of rotatable bonds is 3. The van der Waals surface area contributed by atoms with Crippen LogP contribution in [0, 0.1) is 21.4 Å². The van der Waals surface area contributed by atoms with Gasteiger partial charge >= 0.3 is 0 Å². The molecule has 8 nitrogen and oxygen atoms in total. The van der Waals surface area contributed by atoms with Crippen LogP contribution >= 0.6 is 0 Å². The van der Waals surface area contributed by atoms with E-state index in [2.05, 4.69) is 4.98 Å². The van der Waals surface area contributed by atoms with Crippen LogP contribution in [0.2, 0.25) is 0 Å². The molecule has 0 aromatic carbocycles. The first-order chi connectivity index (χ1) is 9.69. The van der Waals surface area contributed by atoms with E-state index in [0.29, 0.717) is 6.61 Å². The van der Waals surface area contributed by atoms with E-state index in [-0.39, 0.29) is 17.1 Å². The van der Waals surface area contributed by atoms with Gasteiger partial charge in [0.2, 0.25) is 5.88 Å². The van der Waals surface area contributed by atoms with Crippen molar-refractivity contribution in [1.82, 2.24) is 4.98 Å². The Morgan fingerprint density at radius 2 is 2.05 bits per heavy atom. The predicted molar refractivity (Wildman–Crippen MR) is 68.4 cm³/mol. The lowest BCUT2D eigenvalue weighted by molar-refractivity contribution is -0.385. The number of nitrogens with zero attached hydrogens (tertiary/aromatic N) is 3. The van der Waals surface area contributed by atoms with Gasteiger partial charge in [-0.25, -0.2) is 4.98 Å². The van der Waals surface area contributed by atoms with Gasteiger partial charge in [-0.3, -0.25) is 10.1 Å². The Morgan fingerprint density at radius 1 is 1.45 bits per heavy atom. The number of nitriles is 1. The highest BCUT2D eigenvalue weighted by molar-refractivity contribution is 5.44. The van der Waals surface area contributed by atoms with Gasteiger partial charge in [0.25, 0.3) is 5.69 Å². The summed E-state index contributed by atoms with van der Waals surface area (Å²) in [6.07, 6.45) is 1.06. The van der Waals surface area contributed by atoms with Crippen molar-refractivity contribution in [3.63, 3.8) is 0 Å². The van der Waals surface area contributed by atoms with E-state index < -0.39 is 4.92 Å². The van der Waals surface area contributed by atoms with Gasteiger partial charge in [0, 0.05) is 6.07 Å². The van der Waals surface area contributed by atoms with Crippen LogP contribution in [-0.4, -0.2) is 42.9 Å². The molecule has 0 bridgehead atoms. The lowest BCUT2D eigenvalue weighted by Gasteiger charge is -2.09. The van der Waals surface area contributed by atoms with Gasteiger partial charge in [0.05, 0.1) is 38.0 Å². The van der Waals surface area contributed by atoms with Crippen LogP contribution in [0.4, 0.5) is 5.69 Å². The van der Waals surface area contributed by atoms with Crippen LogP contribution in [0.25, 0.3) is 0 Å². The molecule has 1 aromatic heterocycles. The molecule has 0 aliphatic carbocycles. The second-order valence-corrected chi connectivity index (χ2v) is 3.57. The van der Waals surface area contributed by atoms with Gasteiger partial charge < -0.3 is 14.2 Å². The summed E-state index contributed by atoms with van der Waals surface area (Å²) in [5, 5.41) is 19.0. The predicted octanol–water partition coefficient (Wildman–Crippen LogP) is 1.29. The third kappa shape index (κ3) is 5.17. The maximum absolute atomic E-state index is 10.4. The van der Waals surface area contributed by atoms with Gasteiger partial charge in [-0.1, -0.05) is 0 Å². The number of ether oxygens (including phenoxy) is 3. The molecule has 0 atom stereocenters. The van der Waals surface area contributed by atoms with E-state index in [4.69, 9.17) is 19.5 Å². The molecule has 0 spiro atoms. The van der Waals surface area contributed by atoms with Crippen LogP contribution in [0.1, 0.15) is 12.5 Å². The molecule has 1 aliphatic rings. The molecule has 1 fully saturated rings. The number of pyridine rings is 1. The molecule has 0 radical (unpaired) electrons. The maximum atomic E-state index is 10.4. The average Bonchev–Trinajstić information content (AvgIpc) is 2.50. The third-order valence-corrected chi connectivity index (χ3v) is 2.19. The van der Waals surface area contributed by atoms with Crippen molar-refractivity contribution in [2.45, 2.75) is 6.92 Å². The Morgan fingerprint density at radius 3 is 2.45 bits per heavy atom. The van der Waals surface area contributed by atoms with E-state index in [0.717, 1.165) is 38.7 Å². The number of hydrogen-bond acceptors (Lipinski definition) is 7. The number of hydrogen-bond donors (Lipinski definition) is 0. The number of aromatic nitrogens is 1. The highest BCUT2D eigenvalue weighted by Gasteiger charge is 2.12. The first kappa shape index (κ1) is 15.8. The van der Waals surface area contributed by atoms with Crippen molar-refractivity contribution in [1.29, 1.82) is 5.26 Å². The summed E-state index contributed by atoms with van der Waals surface area (Å²) in [6, 6.07) is 2.92. The molecule has 1 aliphatic heterocycles. The van der Waals surface area contributed by atoms with Crippen molar-refractivity contribution in [3.05, 3.63) is 27.9 Å². The number of nitro groups is 1.